The van der Waals surface area contributed by atoms with E-state index in [-0.39, 0.29) is 0 Å². The molecule has 2 N–H and O–H groups in total. The minimum atomic E-state index is -5.17. The van der Waals surface area contributed by atoms with Gasteiger partial charge in [0, 0.05) is 0 Å². The van der Waals surface area contributed by atoms with Gasteiger partial charge in [0.05, 0.1) is 0 Å². The molecular formula is C14H11FO4S. The molecule has 0 unspecified atom stereocenters. The summed E-state index contributed by atoms with van der Waals surface area (Å²) >= 11 is 0. The van der Waals surface area contributed by atoms with Crippen LogP contribution in [0.25, 0.3) is 12.2 Å². The van der Waals surface area contributed by atoms with E-state index in [1.807, 2.05) is 30.3 Å². The molecular weight excluding hydrogens is 283 g/mol. The van der Waals surface area contributed by atoms with Crippen LogP contribution < -0.4 is 0 Å². The van der Waals surface area contributed by atoms with Gasteiger partial charge >= 0.3 is 10.2 Å². The van der Waals surface area contributed by atoms with Crippen molar-refractivity contribution in [3.8, 4) is 11.5 Å². The lowest BCUT2D eigenvalue weighted by Gasteiger charge is -2.04. The summed E-state index contributed by atoms with van der Waals surface area (Å²) in [5.41, 5.74) is 1.23. The lowest BCUT2D eigenvalue weighted by molar-refractivity contribution is 0.419. The van der Waals surface area contributed by atoms with Gasteiger partial charge in [-0.3, -0.25) is 0 Å². The maximum atomic E-state index is 12.9. The molecule has 2 rings (SSSR count). The van der Waals surface area contributed by atoms with Crippen LogP contribution in [0.15, 0.2) is 47.4 Å². The molecule has 2 aromatic carbocycles. The molecule has 2 aromatic rings. The number of aromatic hydroxyl groups is 2. The van der Waals surface area contributed by atoms with Gasteiger partial charge in [-0.2, -0.15) is 8.42 Å². The van der Waals surface area contributed by atoms with Crippen molar-refractivity contribution < 1.29 is 22.5 Å². The van der Waals surface area contributed by atoms with Crippen molar-refractivity contribution in [3.05, 3.63) is 53.6 Å². The van der Waals surface area contributed by atoms with E-state index in [0.717, 1.165) is 17.7 Å². The van der Waals surface area contributed by atoms with E-state index >= 15 is 0 Å². The molecule has 20 heavy (non-hydrogen) atoms. The van der Waals surface area contributed by atoms with Crippen LogP contribution in [0.4, 0.5) is 3.89 Å². The van der Waals surface area contributed by atoms with E-state index in [2.05, 4.69) is 0 Å². The van der Waals surface area contributed by atoms with Gasteiger partial charge in [-0.1, -0.05) is 42.5 Å². The Morgan fingerprint density at radius 3 is 1.90 bits per heavy atom. The van der Waals surface area contributed by atoms with Crippen molar-refractivity contribution in [3.63, 3.8) is 0 Å². The predicted octanol–water partition coefficient (Wildman–Crippen LogP) is 2.93. The fourth-order valence-corrected chi connectivity index (χ4v) is 2.34. The second-order valence-corrected chi connectivity index (χ2v) is 5.35. The van der Waals surface area contributed by atoms with Crippen LogP contribution in [0.3, 0.4) is 0 Å². The number of phenols is 2. The third-order valence-electron chi connectivity index (χ3n) is 2.58. The van der Waals surface area contributed by atoms with E-state index in [1.54, 1.807) is 12.2 Å². The average molecular weight is 294 g/mol. The van der Waals surface area contributed by atoms with Crippen LogP contribution >= 0.6 is 0 Å². The molecule has 0 atom stereocenters. The molecule has 0 bridgehead atoms. The molecule has 0 saturated heterocycles. The van der Waals surface area contributed by atoms with Gasteiger partial charge in [0.1, 0.15) is 11.5 Å². The number of hydrogen-bond donors (Lipinski definition) is 2. The van der Waals surface area contributed by atoms with Crippen LogP contribution in [0.2, 0.25) is 0 Å². The third-order valence-corrected chi connectivity index (χ3v) is 3.49. The van der Waals surface area contributed by atoms with E-state index in [1.165, 1.54) is 0 Å². The molecule has 0 heterocycles. The monoisotopic (exact) mass is 294 g/mol. The third kappa shape index (κ3) is 3.16. The van der Waals surface area contributed by atoms with Crippen molar-refractivity contribution in [2.75, 3.05) is 0 Å². The SMILES string of the molecule is O=S(=O)(F)c1c(O)cc(/C=C/c2ccccc2)cc1O. The van der Waals surface area contributed by atoms with Gasteiger partial charge in [0.15, 0.2) is 4.90 Å². The summed E-state index contributed by atoms with van der Waals surface area (Å²) in [6, 6.07) is 11.3. The topological polar surface area (TPSA) is 74.6 Å². The number of hydrogen-bond acceptors (Lipinski definition) is 4. The summed E-state index contributed by atoms with van der Waals surface area (Å²) in [6.07, 6.45) is 3.27. The van der Waals surface area contributed by atoms with Crippen molar-refractivity contribution in [1.82, 2.24) is 0 Å². The Kier molecular flexibility index (Phi) is 3.76. The largest absolute Gasteiger partial charge is 0.506 e. The first-order valence-electron chi connectivity index (χ1n) is 5.62. The van der Waals surface area contributed by atoms with Crippen molar-refractivity contribution >= 4 is 22.4 Å². The average Bonchev–Trinajstić information content (AvgIpc) is 2.35. The lowest BCUT2D eigenvalue weighted by Crippen LogP contribution is -1.94. The van der Waals surface area contributed by atoms with E-state index in [9.17, 15) is 22.5 Å². The maximum absolute atomic E-state index is 12.9. The van der Waals surface area contributed by atoms with Crippen LogP contribution in [0.5, 0.6) is 11.5 Å². The molecule has 104 valence electrons. The molecule has 6 heteroatoms. The molecule has 0 aliphatic carbocycles. The Hall–Kier alpha value is -2.34. The first-order valence-corrected chi connectivity index (χ1v) is 7.00. The molecule has 0 aliphatic heterocycles. The van der Waals surface area contributed by atoms with Crippen LogP contribution in [0, 0.1) is 0 Å². The van der Waals surface area contributed by atoms with Gasteiger partial charge in [0.25, 0.3) is 0 Å². The van der Waals surface area contributed by atoms with Crippen molar-refractivity contribution in [2.45, 2.75) is 4.90 Å². The van der Waals surface area contributed by atoms with Crippen LogP contribution in [-0.2, 0) is 10.2 Å². The number of benzene rings is 2. The van der Waals surface area contributed by atoms with Gasteiger partial charge in [-0.05, 0) is 23.3 Å². The minimum absolute atomic E-state index is 0.344. The first-order chi connectivity index (χ1) is 9.38. The Labute approximate surface area is 115 Å². The zero-order valence-corrected chi connectivity index (χ0v) is 11.0. The minimum Gasteiger partial charge on any atom is -0.506 e. The number of halogens is 1. The highest BCUT2D eigenvalue weighted by Gasteiger charge is 2.22. The standard InChI is InChI=1S/C14H11FO4S/c15-20(18,19)14-12(16)8-11(9-13(14)17)7-6-10-4-2-1-3-5-10/h1-9,16-17H/b7-6+. The van der Waals surface area contributed by atoms with E-state index < -0.39 is 26.6 Å². The summed E-state index contributed by atoms with van der Waals surface area (Å²) in [5, 5.41) is 19.0. The van der Waals surface area contributed by atoms with E-state index in [0.29, 0.717) is 5.56 Å². The summed E-state index contributed by atoms with van der Waals surface area (Å²) in [5.74, 6) is -1.67. The predicted molar refractivity (Wildman–Crippen MR) is 73.4 cm³/mol. The molecule has 0 fully saturated rings. The molecule has 0 radical (unpaired) electrons. The fourth-order valence-electron chi connectivity index (χ4n) is 1.72. The highest BCUT2D eigenvalue weighted by molar-refractivity contribution is 7.86. The molecule has 0 amide bonds. The quantitative estimate of drug-likeness (QED) is 0.674. The van der Waals surface area contributed by atoms with Crippen LogP contribution in [-0.4, -0.2) is 18.6 Å². The first kappa shape index (κ1) is 14.1. The second-order valence-electron chi connectivity index (χ2n) is 4.07. The number of rotatable bonds is 3. The highest BCUT2D eigenvalue weighted by Crippen LogP contribution is 2.34. The Morgan fingerprint density at radius 2 is 1.40 bits per heavy atom. The van der Waals surface area contributed by atoms with Gasteiger partial charge < -0.3 is 10.2 Å². The second kappa shape index (κ2) is 5.34. The summed E-state index contributed by atoms with van der Waals surface area (Å²) in [4.78, 5) is -1.12. The molecule has 0 saturated carbocycles. The zero-order valence-electron chi connectivity index (χ0n) is 10.2. The lowest BCUT2D eigenvalue weighted by atomic mass is 10.1. The van der Waals surface area contributed by atoms with Crippen LogP contribution in [0.1, 0.15) is 11.1 Å². The molecule has 0 spiro atoms. The fraction of sp³-hybridized carbons (Fsp3) is 0. The Morgan fingerprint density at radius 1 is 0.900 bits per heavy atom. The summed E-state index contributed by atoms with van der Waals surface area (Å²) in [6.45, 7) is 0. The molecule has 4 nitrogen and oxygen atoms in total. The Bertz CT molecular complexity index is 729. The van der Waals surface area contributed by atoms with E-state index in [4.69, 9.17) is 0 Å². The summed E-state index contributed by atoms with van der Waals surface area (Å²) < 4.78 is 34.4. The van der Waals surface area contributed by atoms with Gasteiger partial charge in [-0.15, -0.1) is 3.89 Å². The van der Waals surface area contributed by atoms with Crippen molar-refractivity contribution in [2.24, 2.45) is 0 Å². The highest BCUT2D eigenvalue weighted by atomic mass is 32.3. The smallest absolute Gasteiger partial charge is 0.339 e. The summed E-state index contributed by atoms with van der Waals surface area (Å²) in [7, 11) is -5.17. The zero-order chi connectivity index (χ0) is 14.8. The van der Waals surface area contributed by atoms with Gasteiger partial charge in [0.2, 0.25) is 0 Å². The molecule has 0 aliphatic rings. The van der Waals surface area contributed by atoms with Gasteiger partial charge in [-0.25, -0.2) is 0 Å². The Balaban J connectivity index is 2.39. The van der Waals surface area contributed by atoms with Crippen molar-refractivity contribution in [1.29, 1.82) is 0 Å². The normalized spacial score (nSPS) is 11.8. The number of phenolic OH excluding ortho intramolecular Hbond substituents is 2. The molecule has 0 aromatic heterocycles. The maximum Gasteiger partial charge on any atom is 0.339 e.